The molecular formula is C11H15N3O4. The maximum Gasteiger partial charge on any atom is 0.321 e. The van der Waals surface area contributed by atoms with Crippen molar-refractivity contribution in [3.63, 3.8) is 0 Å². The van der Waals surface area contributed by atoms with Crippen LogP contribution in [-0.2, 0) is 11.3 Å². The van der Waals surface area contributed by atoms with E-state index >= 15 is 0 Å². The maximum atomic E-state index is 11.4. The van der Waals surface area contributed by atoms with Crippen LogP contribution in [0, 0.1) is 0 Å². The second-order valence-corrected chi connectivity index (χ2v) is 4.16. The van der Waals surface area contributed by atoms with Crippen molar-refractivity contribution in [3.8, 4) is 0 Å². The lowest BCUT2D eigenvalue weighted by molar-refractivity contribution is -0.123. The third-order valence-electron chi connectivity index (χ3n) is 2.56. The number of aliphatic hydroxyl groups excluding tert-OH is 1. The smallest absolute Gasteiger partial charge is 0.321 e. The van der Waals surface area contributed by atoms with E-state index in [1.165, 1.54) is 6.26 Å². The molecule has 1 aromatic heterocycles. The predicted octanol–water partition coefficient (Wildman–Crippen LogP) is -0.718. The number of β-amino-alcohol motifs (C(OH)–C–C–N with tert-alkyl or cyclic N) is 1. The van der Waals surface area contributed by atoms with E-state index in [2.05, 4.69) is 10.6 Å². The van der Waals surface area contributed by atoms with Gasteiger partial charge in [0.1, 0.15) is 5.76 Å². The van der Waals surface area contributed by atoms with Crippen molar-refractivity contribution >= 4 is 11.9 Å². The number of urea groups is 1. The molecule has 1 aliphatic heterocycles. The summed E-state index contributed by atoms with van der Waals surface area (Å²) < 4.78 is 5.03. The normalized spacial score (nSPS) is 16.1. The predicted molar refractivity (Wildman–Crippen MR) is 61.5 cm³/mol. The van der Waals surface area contributed by atoms with E-state index in [1.54, 1.807) is 17.0 Å². The molecule has 0 atom stereocenters. The van der Waals surface area contributed by atoms with Crippen LogP contribution < -0.4 is 10.6 Å². The Morgan fingerprint density at radius 2 is 2.28 bits per heavy atom. The number of rotatable bonds is 4. The summed E-state index contributed by atoms with van der Waals surface area (Å²) in [6.07, 6.45) is 1.15. The highest BCUT2D eigenvalue weighted by Gasteiger charge is 2.26. The molecule has 3 amide bonds. The number of aliphatic hydroxyl groups is 1. The average Bonchev–Trinajstić information content (AvgIpc) is 2.77. The van der Waals surface area contributed by atoms with Gasteiger partial charge in [-0.25, -0.2) is 4.79 Å². The Labute approximate surface area is 104 Å². The number of likely N-dealkylation sites (tertiary alicyclic amines) is 1. The number of hydrogen-bond acceptors (Lipinski definition) is 5. The molecule has 2 heterocycles. The number of amides is 3. The largest absolute Gasteiger partial charge is 0.467 e. The summed E-state index contributed by atoms with van der Waals surface area (Å²) in [6, 6.07) is 2.89. The number of nitrogens with zero attached hydrogens (tertiary/aromatic N) is 1. The molecule has 18 heavy (non-hydrogen) atoms. The molecule has 1 aliphatic rings. The van der Waals surface area contributed by atoms with E-state index in [0.717, 1.165) is 0 Å². The Bertz CT molecular complexity index is 412. The van der Waals surface area contributed by atoms with Gasteiger partial charge < -0.3 is 14.8 Å². The van der Waals surface area contributed by atoms with Gasteiger partial charge in [-0.15, -0.1) is 0 Å². The molecule has 3 N–H and O–H groups in total. The first-order chi connectivity index (χ1) is 8.63. The fourth-order valence-corrected chi connectivity index (χ4v) is 1.67. The molecule has 0 aliphatic carbocycles. The molecule has 0 bridgehead atoms. The summed E-state index contributed by atoms with van der Waals surface area (Å²) in [5.74, 6) is 0.224. The molecule has 0 saturated carbocycles. The van der Waals surface area contributed by atoms with Crippen molar-refractivity contribution in [2.75, 3.05) is 19.6 Å². The fourth-order valence-electron chi connectivity index (χ4n) is 1.67. The average molecular weight is 253 g/mol. The zero-order valence-electron chi connectivity index (χ0n) is 9.76. The first-order valence-electron chi connectivity index (χ1n) is 5.64. The molecule has 1 aromatic rings. The molecule has 1 saturated heterocycles. The van der Waals surface area contributed by atoms with Gasteiger partial charge in [0.25, 0.3) is 0 Å². The van der Waals surface area contributed by atoms with Crippen molar-refractivity contribution in [3.05, 3.63) is 24.2 Å². The van der Waals surface area contributed by atoms with Crippen molar-refractivity contribution in [2.45, 2.75) is 12.6 Å². The Morgan fingerprint density at radius 3 is 2.89 bits per heavy atom. The summed E-state index contributed by atoms with van der Waals surface area (Å²) in [5, 5.41) is 13.7. The van der Waals surface area contributed by atoms with Crippen LogP contribution in [0.15, 0.2) is 22.8 Å². The zero-order chi connectivity index (χ0) is 13.0. The van der Waals surface area contributed by atoms with E-state index in [9.17, 15) is 9.59 Å². The van der Waals surface area contributed by atoms with Gasteiger partial charge in [0, 0.05) is 13.1 Å². The Balaban J connectivity index is 1.63. The Hall–Kier alpha value is -1.86. The van der Waals surface area contributed by atoms with Crippen LogP contribution in [0.1, 0.15) is 5.76 Å². The number of imide groups is 1. The lowest BCUT2D eigenvalue weighted by atomic mass is 10.2. The molecule has 7 heteroatoms. The lowest BCUT2D eigenvalue weighted by Crippen LogP contribution is -2.55. The summed E-state index contributed by atoms with van der Waals surface area (Å²) in [4.78, 5) is 24.5. The minimum atomic E-state index is -0.558. The topological polar surface area (TPSA) is 94.8 Å². The van der Waals surface area contributed by atoms with Crippen molar-refractivity contribution in [2.24, 2.45) is 0 Å². The van der Waals surface area contributed by atoms with E-state index in [4.69, 9.17) is 9.52 Å². The molecule has 1 fully saturated rings. The van der Waals surface area contributed by atoms with Crippen LogP contribution >= 0.6 is 0 Å². The van der Waals surface area contributed by atoms with Gasteiger partial charge in [-0.3, -0.25) is 15.0 Å². The Morgan fingerprint density at radius 1 is 1.50 bits per heavy atom. The minimum Gasteiger partial charge on any atom is -0.467 e. The number of nitrogens with one attached hydrogen (secondary N) is 2. The number of furan rings is 1. The summed E-state index contributed by atoms with van der Waals surface area (Å²) in [5.41, 5.74) is 0. The van der Waals surface area contributed by atoms with Gasteiger partial charge in [-0.05, 0) is 12.1 Å². The Kier molecular flexibility index (Phi) is 3.96. The van der Waals surface area contributed by atoms with Gasteiger partial charge in [0.05, 0.1) is 25.5 Å². The summed E-state index contributed by atoms with van der Waals surface area (Å²) in [6.45, 7) is 1.29. The van der Waals surface area contributed by atoms with E-state index in [-0.39, 0.29) is 25.1 Å². The second kappa shape index (κ2) is 5.65. The first-order valence-corrected chi connectivity index (χ1v) is 5.64. The quantitative estimate of drug-likeness (QED) is 0.658. The third-order valence-corrected chi connectivity index (χ3v) is 2.56. The van der Waals surface area contributed by atoms with Gasteiger partial charge in [-0.2, -0.15) is 0 Å². The van der Waals surface area contributed by atoms with Crippen molar-refractivity contribution in [1.29, 1.82) is 0 Å². The summed E-state index contributed by atoms with van der Waals surface area (Å²) in [7, 11) is 0. The fraction of sp³-hybridized carbons (Fsp3) is 0.455. The molecule has 7 nitrogen and oxygen atoms in total. The monoisotopic (exact) mass is 253 g/mol. The zero-order valence-corrected chi connectivity index (χ0v) is 9.76. The van der Waals surface area contributed by atoms with Crippen LogP contribution in [0.25, 0.3) is 0 Å². The molecule has 2 rings (SSSR count). The first kappa shape index (κ1) is 12.6. The highest BCUT2D eigenvalue weighted by Crippen LogP contribution is 2.05. The van der Waals surface area contributed by atoms with Crippen LogP contribution in [0.3, 0.4) is 0 Å². The molecule has 0 spiro atoms. The van der Waals surface area contributed by atoms with Gasteiger partial charge >= 0.3 is 6.03 Å². The van der Waals surface area contributed by atoms with Crippen LogP contribution in [-0.4, -0.2) is 47.7 Å². The van der Waals surface area contributed by atoms with Gasteiger partial charge in [-0.1, -0.05) is 0 Å². The minimum absolute atomic E-state index is 0.116. The van der Waals surface area contributed by atoms with Gasteiger partial charge in [0.15, 0.2) is 0 Å². The molecule has 0 unspecified atom stereocenters. The highest BCUT2D eigenvalue weighted by atomic mass is 16.3. The van der Waals surface area contributed by atoms with E-state index in [0.29, 0.717) is 18.8 Å². The third kappa shape index (κ3) is 3.57. The molecule has 98 valence electrons. The standard InChI is InChI=1S/C11H15N3O4/c15-8-5-14(6-8)7-10(16)13-11(17)12-4-9-2-1-3-18-9/h1-3,8,15H,4-7H2,(H2,12,13,16,17). The van der Waals surface area contributed by atoms with Crippen molar-refractivity contribution in [1.82, 2.24) is 15.5 Å². The molecular weight excluding hydrogens is 238 g/mol. The van der Waals surface area contributed by atoms with Gasteiger partial charge in [0.2, 0.25) is 5.91 Å². The van der Waals surface area contributed by atoms with E-state index in [1.807, 2.05) is 0 Å². The number of carbonyl (C=O) groups excluding carboxylic acids is 2. The van der Waals surface area contributed by atoms with Crippen LogP contribution in [0.4, 0.5) is 4.79 Å². The van der Waals surface area contributed by atoms with Crippen LogP contribution in [0.5, 0.6) is 0 Å². The van der Waals surface area contributed by atoms with Crippen molar-refractivity contribution < 1.29 is 19.1 Å². The van der Waals surface area contributed by atoms with E-state index < -0.39 is 6.03 Å². The number of carbonyl (C=O) groups is 2. The number of hydrogen-bond donors (Lipinski definition) is 3. The second-order valence-electron chi connectivity index (χ2n) is 4.16. The SMILES string of the molecule is O=C(CN1CC(O)C1)NC(=O)NCc1ccco1. The highest BCUT2D eigenvalue weighted by molar-refractivity contribution is 5.95. The molecule has 0 radical (unpaired) electrons. The molecule has 0 aromatic carbocycles. The summed E-state index contributed by atoms with van der Waals surface area (Å²) >= 11 is 0. The maximum absolute atomic E-state index is 11.4. The lowest BCUT2D eigenvalue weighted by Gasteiger charge is -2.34. The van der Waals surface area contributed by atoms with Crippen LogP contribution in [0.2, 0.25) is 0 Å².